The van der Waals surface area contributed by atoms with E-state index in [1.54, 1.807) is 13.0 Å². The minimum Gasteiger partial charge on any atom is -0.480 e. The highest BCUT2D eigenvalue weighted by atomic mass is 16.4. The average molecular weight is 266 g/mol. The number of nitrogens with one attached hydrogen (secondary N) is 2. The Kier molecular flexibility index (Phi) is 4.86. The van der Waals surface area contributed by atoms with Crippen molar-refractivity contribution in [2.24, 2.45) is 5.92 Å². The number of hydrogen-bond donors (Lipinski definition) is 3. The lowest BCUT2D eigenvalue weighted by molar-refractivity contribution is -0.139. The summed E-state index contributed by atoms with van der Waals surface area (Å²) in [6, 6.07) is 1.99. The molecule has 0 saturated heterocycles. The van der Waals surface area contributed by atoms with Crippen molar-refractivity contribution in [3.63, 3.8) is 0 Å². The number of hydrogen-bond acceptors (Lipinski definition) is 3. The Labute approximate surface area is 110 Å². The monoisotopic (exact) mass is 266 g/mol. The van der Waals surface area contributed by atoms with Gasteiger partial charge in [-0.05, 0) is 31.4 Å². The van der Waals surface area contributed by atoms with Crippen molar-refractivity contribution in [1.29, 1.82) is 0 Å². The number of pyridine rings is 1. The standard InChI is InChI=1S/C13H18N2O4/c1-7(2)6-10(13(18)19)15-12(17)9-5-4-8(3)14-11(9)16/h4-5,7,10H,6H2,1-3H3,(H,14,16)(H,15,17)(H,18,19)/t10-/m0/s1. The Morgan fingerprint density at radius 3 is 2.47 bits per heavy atom. The van der Waals surface area contributed by atoms with Crippen LogP contribution in [-0.4, -0.2) is 28.0 Å². The van der Waals surface area contributed by atoms with Crippen LogP contribution >= 0.6 is 0 Å². The van der Waals surface area contributed by atoms with Gasteiger partial charge in [-0.25, -0.2) is 4.79 Å². The molecule has 6 nitrogen and oxygen atoms in total. The molecule has 6 heteroatoms. The maximum atomic E-state index is 11.9. The molecule has 3 N–H and O–H groups in total. The van der Waals surface area contributed by atoms with Gasteiger partial charge in [-0.1, -0.05) is 13.8 Å². The molecule has 1 rings (SSSR count). The molecule has 1 heterocycles. The van der Waals surface area contributed by atoms with Gasteiger partial charge in [0.25, 0.3) is 11.5 Å². The Balaban J connectivity index is 2.88. The summed E-state index contributed by atoms with van der Waals surface area (Å²) in [5, 5.41) is 11.4. The van der Waals surface area contributed by atoms with E-state index in [2.05, 4.69) is 10.3 Å². The number of aromatic nitrogens is 1. The van der Waals surface area contributed by atoms with Gasteiger partial charge < -0.3 is 15.4 Å². The summed E-state index contributed by atoms with van der Waals surface area (Å²) in [7, 11) is 0. The third-order valence-corrected chi connectivity index (χ3v) is 2.61. The first-order chi connectivity index (χ1) is 8.81. The lowest BCUT2D eigenvalue weighted by Crippen LogP contribution is -2.43. The molecule has 0 aromatic carbocycles. The zero-order valence-electron chi connectivity index (χ0n) is 11.2. The highest BCUT2D eigenvalue weighted by Gasteiger charge is 2.22. The SMILES string of the molecule is Cc1ccc(C(=O)N[C@@H](CC(C)C)C(=O)O)c(=O)[nH]1. The fourth-order valence-corrected chi connectivity index (χ4v) is 1.68. The fourth-order valence-electron chi connectivity index (χ4n) is 1.68. The quantitative estimate of drug-likeness (QED) is 0.737. The third kappa shape index (κ3) is 4.24. The molecule has 0 aliphatic rings. The molecule has 0 aliphatic heterocycles. The van der Waals surface area contributed by atoms with Crippen molar-refractivity contribution < 1.29 is 14.7 Å². The third-order valence-electron chi connectivity index (χ3n) is 2.61. The Hall–Kier alpha value is -2.11. The van der Waals surface area contributed by atoms with Gasteiger partial charge in [0.2, 0.25) is 0 Å². The van der Waals surface area contributed by atoms with Crippen molar-refractivity contribution >= 4 is 11.9 Å². The van der Waals surface area contributed by atoms with Gasteiger partial charge in [0.1, 0.15) is 11.6 Å². The molecule has 0 fully saturated rings. The first-order valence-electron chi connectivity index (χ1n) is 6.05. The molecule has 19 heavy (non-hydrogen) atoms. The van der Waals surface area contributed by atoms with Crippen LogP contribution in [0.1, 0.15) is 36.3 Å². The van der Waals surface area contributed by atoms with Crippen LogP contribution in [0.4, 0.5) is 0 Å². The molecule has 0 bridgehead atoms. The number of H-pyrrole nitrogens is 1. The predicted molar refractivity (Wildman–Crippen MR) is 70.1 cm³/mol. The van der Waals surface area contributed by atoms with E-state index in [1.165, 1.54) is 6.07 Å². The van der Waals surface area contributed by atoms with E-state index in [4.69, 9.17) is 5.11 Å². The van der Waals surface area contributed by atoms with Crippen LogP contribution in [0.15, 0.2) is 16.9 Å². The van der Waals surface area contributed by atoms with E-state index >= 15 is 0 Å². The maximum Gasteiger partial charge on any atom is 0.326 e. The number of carbonyl (C=O) groups is 2. The number of carboxylic acids is 1. The zero-order valence-corrected chi connectivity index (χ0v) is 11.2. The highest BCUT2D eigenvalue weighted by molar-refractivity contribution is 5.96. The minimum atomic E-state index is -1.11. The van der Waals surface area contributed by atoms with Crippen LogP contribution < -0.4 is 10.9 Å². The number of aryl methyl sites for hydroxylation is 1. The van der Waals surface area contributed by atoms with Crippen LogP contribution in [0, 0.1) is 12.8 Å². The zero-order chi connectivity index (χ0) is 14.6. The largest absolute Gasteiger partial charge is 0.480 e. The summed E-state index contributed by atoms with van der Waals surface area (Å²) in [5.41, 5.74) is 0.0327. The van der Waals surface area contributed by atoms with Gasteiger partial charge in [-0.2, -0.15) is 0 Å². The summed E-state index contributed by atoms with van der Waals surface area (Å²) in [6.45, 7) is 5.42. The molecule has 0 unspecified atom stereocenters. The normalized spacial score (nSPS) is 12.2. The van der Waals surface area contributed by atoms with E-state index in [-0.39, 0.29) is 11.5 Å². The Morgan fingerprint density at radius 1 is 1.37 bits per heavy atom. The second-order valence-corrected chi connectivity index (χ2v) is 4.88. The van der Waals surface area contributed by atoms with E-state index < -0.39 is 23.5 Å². The van der Waals surface area contributed by atoms with Crippen molar-refractivity contribution in [2.45, 2.75) is 33.2 Å². The molecule has 0 radical (unpaired) electrons. The molecule has 0 spiro atoms. The maximum absolute atomic E-state index is 11.9. The topological polar surface area (TPSA) is 99.3 Å². The van der Waals surface area contributed by atoms with Crippen molar-refractivity contribution in [3.8, 4) is 0 Å². The molecule has 0 aliphatic carbocycles. The summed E-state index contributed by atoms with van der Waals surface area (Å²) < 4.78 is 0. The van der Waals surface area contributed by atoms with Gasteiger partial charge in [0.05, 0.1) is 0 Å². The first kappa shape index (κ1) is 14.9. The minimum absolute atomic E-state index is 0.0828. The number of rotatable bonds is 5. The average Bonchev–Trinajstić information content (AvgIpc) is 2.26. The van der Waals surface area contributed by atoms with Crippen LogP contribution in [0.3, 0.4) is 0 Å². The van der Waals surface area contributed by atoms with Crippen LogP contribution in [-0.2, 0) is 4.79 Å². The smallest absolute Gasteiger partial charge is 0.326 e. The molecule has 0 saturated carbocycles. The van der Waals surface area contributed by atoms with E-state index in [9.17, 15) is 14.4 Å². The molecule has 1 aromatic heterocycles. The second-order valence-electron chi connectivity index (χ2n) is 4.88. The Morgan fingerprint density at radius 2 is 2.00 bits per heavy atom. The molecular formula is C13H18N2O4. The molecule has 104 valence electrons. The van der Waals surface area contributed by atoms with Crippen molar-refractivity contribution in [1.82, 2.24) is 10.3 Å². The predicted octanol–water partition coefficient (Wildman–Crippen LogP) is 0.912. The number of amides is 1. The van der Waals surface area contributed by atoms with Gasteiger partial charge in [0, 0.05) is 5.69 Å². The van der Waals surface area contributed by atoms with Crippen LogP contribution in [0.25, 0.3) is 0 Å². The highest BCUT2D eigenvalue weighted by Crippen LogP contribution is 2.06. The molecule has 1 aromatic rings. The molecule has 1 atom stereocenters. The number of aromatic amines is 1. The van der Waals surface area contributed by atoms with Gasteiger partial charge in [-0.3, -0.25) is 9.59 Å². The number of carboxylic acid groups (broad SMARTS) is 1. The lowest BCUT2D eigenvalue weighted by atomic mass is 10.0. The van der Waals surface area contributed by atoms with Crippen LogP contribution in [0.5, 0.6) is 0 Å². The number of carbonyl (C=O) groups excluding carboxylic acids is 1. The van der Waals surface area contributed by atoms with Crippen molar-refractivity contribution in [2.75, 3.05) is 0 Å². The van der Waals surface area contributed by atoms with Crippen molar-refractivity contribution in [3.05, 3.63) is 33.7 Å². The summed E-state index contributed by atoms with van der Waals surface area (Å²) in [4.78, 5) is 37.0. The second kappa shape index (κ2) is 6.17. The van der Waals surface area contributed by atoms with E-state index in [0.29, 0.717) is 12.1 Å². The fraction of sp³-hybridized carbons (Fsp3) is 0.462. The number of aliphatic carboxylic acids is 1. The molecule has 1 amide bonds. The lowest BCUT2D eigenvalue weighted by Gasteiger charge is -2.16. The van der Waals surface area contributed by atoms with Crippen LogP contribution in [0.2, 0.25) is 0 Å². The summed E-state index contributed by atoms with van der Waals surface area (Å²) in [6.07, 6.45) is 0.310. The van der Waals surface area contributed by atoms with E-state index in [0.717, 1.165) is 0 Å². The molecular weight excluding hydrogens is 248 g/mol. The van der Waals surface area contributed by atoms with Gasteiger partial charge >= 0.3 is 5.97 Å². The Bertz CT molecular complexity index is 534. The van der Waals surface area contributed by atoms with Gasteiger partial charge in [0.15, 0.2) is 0 Å². The van der Waals surface area contributed by atoms with E-state index in [1.807, 2.05) is 13.8 Å². The first-order valence-corrected chi connectivity index (χ1v) is 6.05. The summed E-state index contributed by atoms with van der Waals surface area (Å²) in [5.74, 6) is -1.66. The van der Waals surface area contributed by atoms with Gasteiger partial charge in [-0.15, -0.1) is 0 Å². The summed E-state index contributed by atoms with van der Waals surface area (Å²) >= 11 is 0.